The Morgan fingerprint density at radius 3 is 2.97 bits per heavy atom. The summed E-state index contributed by atoms with van der Waals surface area (Å²) >= 11 is 0. The van der Waals surface area contributed by atoms with Gasteiger partial charge in [0.15, 0.2) is 0 Å². The third-order valence-electron chi connectivity index (χ3n) is 7.10. The molecule has 3 aliphatic heterocycles. The van der Waals surface area contributed by atoms with Crippen molar-refractivity contribution < 1.29 is 14.4 Å². The Bertz CT molecular complexity index is 866. The number of imide groups is 1. The maximum atomic E-state index is 12.9. The lowest BCUT2D eigenvalue weighted by molar-refractivity contribution is -0.136. The quantitative estimate of drug-likeness (QED) is 0.648. The van der Waals surface area contributed by atoms with E-state index in [1.165, 1.54) is 25.7 Å². The zero-order chi connectivity index (χ0) is 20.0. The van der Waals surface area contributed by atoms with E-state index in [2.05, 4.69) is 22.0 Å². The van der Waals surface area contributed by atoms with Crippen LogP contribution < -0.4 is 16.0 Å². The molecule has 2 bridgehead atoms. The van der Waals surface area contributed by atoms with E-state index in [0.717, 1.165) is 36.7 Å². The van der Waals surface area contributed by atoms with Crippen LogP contribution in [0, 0.1) is 5.92 Å². The van der Waals surface area contributed by atoms with Crippen LogP contribution >= 0.6 is 0 Å². The minimum atomic E-state index is -0.555. The summed E-state index contributed by atoms with van der Waals surface area (Å²) in [7, 11) is 0. The fraction of sp³-hybridized carbons (Fsp3) is 0.591. The molecular formula is C22H28N4O3. The highest BCUT2D eigenvalue weighted by atomic mass is 16.2. The molecule has 3 N–H and O–H groups in total. The zero-order valence-electron chi connectivity index (χ0n) is 16.6. The first-order valence-corrected chi connectivity index (χ1v) is 10.8. The lowest BCUT2D eigenvalue weighted by Gasteiger charge is -2.33. The fourth-order valence-corrected chi connectivity index (χ4v) is 5.56. The third kappa shape index (κ3) is 3.46. The molecular weight excluding hydrogens is 368 g/mol. The van der Waals surface area contributed by atoms with Crippen LogP contribution in [0.1, 0.15) is 60.0 Å². The summed E-state index contributed by atoms with van der Waals surface area (Å²) in [5, 5.41) is 9.67. The molecule has 0 radical (unpaired) electrons. The standard InChI is InChI=1S/C22H28N4O3/c27-19-6-5-18(20(28)25-19)26-12-16-4-3-14(8-17(16)21(26)29)10-23-13-22-7-1-2-15(9-22)11-24-22/h3-4,8,15,18,23-24H,1-2,5-7,9-13H2,(H,25,27,28)/t15?,18?,22-/m1/s1. The van der Waals surface area contributed by atoms with E-state index in [1.807, 2.05) is 12.1 Å². The SMILES string of the molecule is O=C1CCC(N2Cc3ccc(CNC[C@]45CCCC(CN4)C5)cc3C2=O)C(=O)N1. The molecule has 7 heteroatoms. The van der Waals surface area contributed by atoms with Gasteiger partial charge in [0.25, 0.3) is 5.91 Å². The van der Waals surface area contributed by atoms with Gasteiger partial charge in [0.05, 0.1) is 0 Å². The Kier molecular flexibility index (Phi) is 4.67. The van der Waals surface area contributed by atoms with Crippen molar-refractivity contribution in [1.82, 2.24) is 20.9 Å². The second-order valence-electron chi connectivity index (χ2n) is 9.12. The molecule has 154 valence electrons. The van der Waals surface area contributed by atoms with Crippen LogP contribution in [-0.4, -0.2) is 47.3 Å². The number of nitrogens with one attached hydrogen (secondary N) is 3. The molecule has 0 spiro atoms. The first-order valence-electron chi connectivity index (χ1n) is 10.8. The molecule has 1 aliphatic carbocycles. The molecule has 5 rings (SSSR count). The normalized spacial score (nSPS) is 31.2. The number of nitrogens with zero attached hydrogens (tertiary/aromatic N) is 1. The van der Waals surface area contributed by atoms with Crippen LogP contribution in [-0.2, 0) is 22.7 Å². The molecule has 4 aliphatic rings. The Hall–Kier alpha value is -2.25. The minimum absolute atomic E-state index is 0.109. The zero-order valence-corrected chi connectivity index (χ0v) is 16.6. The summed E-state index contributed by atoms with van der Waals surface area (Å²) in [5.41, 5.74) is 2.97. The van der Waals surface area contributed by atoms with E-state index >= 15 is 0 Å². The molecule has 1 saturated carbocycles. The number of carbonyl (C=O) groups is 3. The van der Waals surface area contributed by atoms with E-state index in [1.54, 1.807) is 4.90 Å². The molecule has 7 nitrogen and oxygen atoms in total. The molecule has 29 heavy (non-hydrogen) atoms. The fourth-order valence-electron chi connectivity index (χ4n) is 5.56. The summed E-state index contributed by atoms with van der Waals surface area (Å²) in [6, 6.07) is 5.47. The van der Waals surface area contributed by atoms with Gasteiger partial charge in [-0.05, 0) is 55.3 Å². The number of benzene rings is 1. The van der Waals surface area contributed by atoms with Gasteiger partial charge in [-0.2, -0.15) is 0 Å². The van der Waals surface area contributed by atoms with Gasteiger partial charge in [-0.3, -0.25) is 19.7 Å². The summed E-state index contributed by atoms with van der Waals surface area (Å²) in [4.78, 5) is 38.1. The van der Waals surface area contributed by atoms with Crippen molar-refractivity contribution in [3.8, 4) is 0 Å². The average molecular weight is 396 g/mol. The first kappa shape index (κ1) is 18.8. The van der Waals surface area contributed by atoms with Crippen LogP contribution in [0.2, 0.25) is 0 Å². The van der Waals surface area contributed by atoms with Crippen LogP contribution in [0.15, 0.2) is 18.2 Å². The highest BCUT2D eigenvalue weighted by molar-refractivity contribution is 6.05. The number of hydrogen-bond acceptors (Lipinski definition) is 5. The number of carbonyl (C=O) groups excluding carboxylic acids is 3. The topological polar surface area (TPSA) is 90.5 Å². The van der Waals surface area contributed by atoms with Crippen molar-refractivity contribution in [2.24, 2.45) is 5.92 Å². The lowest BCUT2D eigenvalue weighted by Crippen LogP contribution is -2.52. The van der Waals surface area contributed by atoms with E-state index in [-0.39, 0.29) is 29.7 Å². The summed E-state index contributed by atoms with van der Waals surface area (Å²) in [6.07, 6.45) is 5.84. The molecule has 3 fully saturated rings. The predicted molar refractivity (Wildman–Crippen MR) is 107 cm³/mol. The van der Waals surface area contributed by atoms with Gasteiger partial charge in [-0.25, -0.2) is 0 Å². The predicted octanol–water partition coefficient (Wildman–Crippen LogP) is 1.07. The summed E-state index contributed by atoms with van der Waals surface area (Å²) < 4.78 is 0. The van der Waals surface area contributed by atoms with Crippen LogP contribution in [0.4, 0.5) is 0 Å². The molecule has 2 saturated heterocycles. The second kappa shape index (κ2) is 7.22. The minimum Gasteiger partial charge on any atom is -0.322 e. The summed E-state index contributed by atoms with van der Waals surface area (Å²) in [5.74, 6) is 0.103. The van der Waals surface area contributed by atoms with E-state index < -0.39 is 6.04 Å². The van der Waals surface area contributed by atoms with Gasteiger partial charge in [0.1, 0.15) is 6.04 Å². The highest BCUT2D eigenvalue weighted by Gasteiger charge is 2.41. The van der Waals surface area contributed by atoms with Crippen LogP contribution in [0.25, 0.3) is 0 Å². The molecule has 2 unspecified atom stereocenters. The van der Waals surface area contributed by atoms with Crippen molar-refractivity contribution >= 4 is 17.7 Å². The van der Waals surface area contributed by atoms with Gasteiger partial charge in [0.2, 0.25) is 11.8 Å². The summed E-state index contributed by atoms with van der Waals surface area (Å²) in [6.45, 7) is 3.26. The number of piperidine rings is 1. The van der Waals surface area contributed by atoms with Gasteiger partial charge < -0.3 is 15.5 Å². The van der Waals surface area contributed by atoms with Crippen molar-refractivity contribution in [1.29, 1.82) is 0 Å². The largest absolute Gasteiger partial charge is 0.322 e. The van der Waals surface area contributed by atoms with Gasteiger partial charge in [0, 0.05) is 37.2 Å². The lowest BCUT2D eigenvalue weighted by atomic mass is 9.80. The number of fused-ring (bicyclic) bond motifs is 3. The third-order valence-corrected chi connectivity index (χ3v) is 7.10. The Morgan fingerprint density at radius 2 is 2.10 bits per heavy atom. The Morgan fingerprint density at radius 1 is 1.21 bits per heavy atom. The van der Waals surface area contributed by atoms with Crippen molar-refractivity contribution in [3.63, 3.8) is 0 Å². The van der Waals surface area contributed by atoms with Gasteiger partial charge >= 0.3 is 0 Å². The number of hydrogen-bond donors (Lipinski definition) is 3. The monoisotopic (exact) mass is 396 g/mol. The molecule has 3 heterocycles. The van der Waals surface area contributed by atoms with Crippen molar-refractivity contribution in [2.75, 3.05) is 13.1 Å². The first-order chi connectivity index (χ1) is 14.0. The molecule has 1 aromatic carbocycles. The van der Waals surface area contributed by atoms with Gasteiger partial charge in [-0.1, -0.05) is 18.6 Å². The molecule has 3 atom stereocenters. The maximum absolute atomic E-state index is 12.9. The highest BCUT2D eigenvalue weighted by Crippen LogP contribution is 2.37. The van der Waals surface area contributed by atoms with Crippen LogP contribution in [0.3, 0.4) is 0 Å². The van der Waals surface area contributed by atoms with Gasteiger partial charge in [-0.15, -0.1) is 0 Å². The second-order valence-corrected chi connectivity index (χ2v) is 9.12. The van der Waals surface area contributed by atoms with Crippen molar-refractivity contribution in [2.45, 2.75) is 63.2 Å². The number of amides is 3. The Labute approximate surface area is 170 Å². The van der Waals surface area contributed by atoms with Crippen LogP contribution in [0.5, 0.6) is 0 Å². The molecule has 0 aromatic heterocycles. The van der Waals surface area contributed by atoms with E-state index in [0.29, 0.717) is 18.5 Å². The number of rotatable bonds is 5. The average Bonchev–Trinajstić information content (AvgIpc) is 3.18. The van der Waals surface area contributed by atoms with E-state index in [4.69, 9.17) is 0 Å². The smallest absolute Gasteiger partial charge is 0.255 e. The molecule has 1 aromatic rings. The molecule has 3 amide bonds. The van der Waals surface area contributed by atoms with E-state index in [9.17, 15) is 14.4 Å². The van der Waals surface area contributed by atoms with Crippen molar-refractivity contribution in [3.05, 3.63) is 34.9 Å². The maximum Gasteiger partial charge on any atom is 0.255 e. The Balaban J connectivity index is 1.22.